The molecule has 0 radical (unpaired) electrons. The molecule has 0 amide bonds. The van der Waals surface area contributed by atoms with Gasteiger partial charge in [-0.15, -0.1) is 0 Å². The second-order valence-electron chi connectivity index (χ2n) is 8.10. The van der Waals surface area contributed by atoms with Crippen molar-refractivity contribution in [2.75, 3.05) is 44.9 Å². The first-order valence-corrected chi connectivity index (χ1v) is 10.6. The SMILES string of the molecule is CN=C(NCCCOC1CCOCC1)N1CC2(CCCC2)c2ccccc21. The van der Waals surface area contributed by atoms with Crippen LogP contribution >= 0.6 is 0 Å². The summed E-state index contributed by atoms with van der Waals surface area (Å²) in [4.78, 5) is 6.99. The summed E-state index contributed by atoms with van der Waals surface area (Å²) < 4.78 is 11.4. The van der Waals surface area contributed by atoms with Crippen LogP contribution in [0.5, 0.6) is 0 Å². The summed E-state index contributed by atoms with van der Waals surface area (Å²) >= 11 is 0. The fourth-order valence-electron chi connectivity index (χ4n) is 4.96. The van der Waals surface area contributed by atoms with Crippen LogP contribution in [0, 0.1) is 0 Å². The van der Waals surface area contributed by atoms with E-state index < -0.39 is 0 Å². The summed E-state index contributed by atoms with van der Waals surface area (Å²) in [5.74, 6) is 0.997. The van der Waals surface area contributed by atoms with E-state index in [-0.39, 0.29) is 0 Å². The van der Waals surface area contributed by atoms with Crippen LogP contribution in [-0.2, 0) is 14.9 Å². The van der Waals surface area contributed by atoms with Gasteiger partial charge in [-0.1, -0.05) is 31.0 Å². The predicted octanol–water partition coefficient (Wildman–Crippen LogP) is 3.48. The molecule has 0 aromatic heterocycles. The number of fused-ring (bicyclic) bond motifs is 2. The first-order chi connectivity index (χ1) is 13.3. The zero-order valence-electron chi connectivity index (χ0n) is 16.6. The fourth-order valence-corrected chi connectivity index (χ4v) is 4.96. The number of anilines is 1. The summed E-state index contributed by atoms with van der Waals surface area (Å²) in [6, 6.07) is 8.92. The largest absolute Gasteiger partial charge is 0.381 e. The molecule has 1 aromatic carbocycles. The van der Waals surface area contributed by atoms with Gasteiger partial charge in [0.25, 0.3) is 0 Å². The number of para-hydroxylation sites is 1. The van der Waals surface area contributed by atoms with Gasteiger partial charge in [0.15, 0.2) is 5.96 Å². The van der Waals surface area contributed by atoms with Gasteiger partial charge in [0, 0.05) is 51.1 Å². The number of hydrogen-bond acceptors (Lipinski definition) is 3. The lowest BCUT2D eigenvalue weighted by Crippen LogP contribution is -2.43. The van der Waals surface area contributed by atoms with Crippen LogP contribution in [0.25, 0.3) is 0 Å². The lowest BCUT2D eigenvalue weighted by Gasteiger charge is -2.27. The molecule has 1 saturated carbocycles. The van der Waals surface area contributed by atoms with Crippen LogP contribution in [0.1, 0.15) is 50.5 Å². The Labute approximate surface area is 163 Å². The van der Waals surface area contributed by atoms with Crippen LogP contribution in [0.3, 0.4) is 0 Å². The monoisotopic (exact) mass is 371 g/mol. The van der Waals surface area contributed by atoms with E-state index in [9.17, 15) is 0 Å². The minimum absolute atomic E-state index is 0.334. The zero-order chi connectivity index (χ0) is 18.5. The quantitative estimate of drug-likeness (QED) is 0.489. The summed E-state index contributed by atoms with van der Waals surface area (Å²) in [7, 11) is 1.89. The van der Waals surface area contributed by atoms with Gasteiger partial charge in [-0.2, -0.15) is 0 Å². The molecule has 5 heteroatoms. The minimum atomic E-state index is 0.334. The molecule has 27 heavy (non-hydrogen) atoms. The van der Waals surface area contributed by atoms with Crippen molar-refractivity contribution < 1.29 is 9.47 Å². The van der Waals surface area contributed by atoms with E-state index in [4.69, 9.17) is 9.47 Å². The number of hydrogen-bond donors (Lipinski definition) is 1. The van der Waals surface area contributed by atoms with Crippen molar-refractivity contribution in [2.45, 2.75) is 56.5 Å². The highest BCUT2D eigenvalue weighted by Crippen LogP contribution is 2.50. The van der Waals surface area contributed by atoms with Crippen molar-refractivity contribution >= 4 is 11.6 Å². The van der Waals surface area contributed by atoms with Crippen molar-refractivity contribution in [3.05, 3.63) is 29.8 Å². The van der Waals surface area contributed by atoms with Gasteiger partial charge >= 0.3 is 0 Å². The molecule has 0 atom stereocenters. The number of aliphatic imine (C=N–C) groups is 1. The standard InChI is InChI=1S/C22H33N3O2/c1-23-21(24-13-6-14-27-18-9-15-26-16-10-18)25-17-22(11-4-5-12-22)19-7-2-3-8-20(19)25/h2-3,7-8,18H,4-6,9-17H2,1H3,(H,23,24). The van der Waals surface area contributed by atoms with E-state index in [1.807, 2.05) is 7.05 Å². The Morgan fingerprint density at radius 1 is 1.26 bits per heavy atom. The molecule has 2 aliphatic heterocycles. The molecule has 2 heterocycles. The molecule has 2 fully saturated rings. The molecule has 5 nitrogen and oxygen atoms in total. The Morgan fingerprint density at radius 2 is 2.04 bits per heavy atom. The Bertz CT molecular complexity index is 649. The van der Waals surface area contributed by atoms with Gasteiger partial charge in [0.2, 0.25) is 0 Å². The number of rotatable bonds is 5. The van der Waals surface area contributed by atoms with Gasteiger partial charge in [-0.25, -0.2) is 0 Å². The van der Waals surface area contributed by atoms with E-state index >= 15 is 0 Å². The third-order valence-electron chi connectivity index (χ3n) is 6.38. The molecule has 3 aliphatic rings. The van der Waals surface area contributed by atoms with Crippen molar-refractivity contribution in [3.63, 3.8) is 0 Å². The molecule has 0 unspecified atom stereocenters. The average molecular weight is 372 g/mol. The number of ether oxygens (including phenoxy) is 2. The Kier molecular flexibility index (Phi) is 5.98. The van der Waals surface area contributed by atoms with Gasteiger partial charge in [0.05, 0.1) is 6.10 Å². The first-order valence-electron chi connectivity index (χ1n) is 10.6. The first kappa shape index (κ1) is 18.8. The zero-order valence-corrected chi connectivity index (χ0v) is 16.6. The number of nitrogens with one attached hydrogen (secondary N) is 1. The van der Waals surface area contributed by atoms with Crippen LogP contribution in [-0.4, -0.2) is 52.0 Å². The fraction of sp³-hybridized carbons (Fsp3) is 0.682. The second-order valence-corrected chi connectivity index (χ2v) is 8.10. The van der Waals surface area contributed by atoms with E-state index in [0.29, 0.717) is 11.5 Å². The van der Waals surface area contributed by atoms with Gasteiger partial charge in [0.1, 0.15) is 0 Å². The van der Waals surface area contributed by atoms with Crippen LogP contribution in [0.4, 0.5) is 5.69 Å². The summed E-state index contributed by atoms with van der Waals surface area (Å²) in [6.45, 7) is 4.43. The Hall–Kier alpha value is -1.59. The van der Waals surface area contributed by atoms with Crippen molar-refractivity contribution in [1.82, 2.24) is 5.32 Å². The number of benzene rings is 1. The molecule has 148 valence electrons. The summed E-state index contributed by atoms with van der Waals surface area (Å²) in [6.07, 6.45) is 8.73. The smallest absolute Gasteiger partial charge is 0.198 e. The highest BCUT2D eigenvalue weighted by Gasteiger charge is 2.45. The molecular formula is C22H33N3O2. The molecule has 1 saturated heterocycles. The van der Waals surface area contributed by atoms with Gasteiger partial charge < -0.3 is 19.7 Å². The van der Waals surface area contributed by atoms with Crippen molar-refractivity contribution in [2.24, 2.45) is 4.99 Å². The molecule has 1 aliphatic carbocycles. The van der Waals surface area contributed by atoms with E-state index in [2.05, 4.69) is 39.5 Å². The van der Waals surface area contributed by atoms with Crippen LogP contribution in [0.2, 0.25) is 0 Å². The lowest BCUT2D eigenvalue weighted by atomic mass is 9.81. The van der Waals surface area contributed by atoms with E-state index in [0.717, 1.165) is 58.1 Å². The maximum absolute atomic E-state index is 5.98. The topological polar surface area (TPSA) is 46.1 Å². The average Bonchev–Trinajstić information content (AvgIpc) is 3.32. The molecular weight excluding hydrogens is 338 g/mol. The third kappa shape index (κ3) is 3.99. The normalized spacial score (nSPS) is 22.4. The number of guanidine groups is 1. The van der Waals surface area contributed by atoms with Crippen molar-refractivity contribution in [3.8, 4) is 0 Å². The maximum atomic E-state index is 5.98. The van der Waals surface area contributed by atoms with Gasteiger partial charge in [-0.3, -0.25) is 4.99 Å². The highest BCUT2D eigenvalue weighted by molar-refractivity contribution is 5.98. The molecule has 1 N–H and O–H groups in total. The lowest BCUT2D eigenvalue weighted by molar-refractivity contribution is -0.0320. The van der Waals surface area contributed by atoms with E-state index in [1.54, 1.807) is 0 Å². The van der Waals surface area contributed by atoms with E-state index in [1.165, 1.54) is 36.9 Å². The second kappa shape index (κ2) is 8.61. The maximum Gasteiger partial charge on any atom is 0.198 e. The number of nitrogens with zero attached hydrogens (tertiary/aromatic N) is 2. The molecule has 1 spiro atoms. The summed E-state index contributed by atoms with van der Waals surface area (Å²) in [5.41, 5.74) is 3.19. The Morgan fingerprint density at radius 3 is 2.81 bits per heavy atom. The Balaban J connectivity index is 1.32. The molecule has 4 rings (SSSR count). The predicted molar refractivity (Wildman–Crippen MR) is 110 cm³/mol. The van der Waals surface area contributed by atoms with Crippen LogP contribution in [0.15, 0.2) is 29.3 Å². The van der Waals surface area contributed by atoms with Gasteiger partial charge in [-0.05, 0) is 43.7 Å². The summed E-state index contributed by atoms with van der Waals surface area (Å²) in [5, 5.41) is 3.57. The van der Waals surface area contributed by atoms with Crippen LogP contribution < -0.4 is 10.2 Å². The highest BCUT2D eigenvalue weighted by atomic mass is 16.5. The molecule has 0 bridgehead atoms. The third-order valence-corrected chi connectivity index (χ3v) is 6.38. The molecule has 1 aromatic rings. The van der Waals surface area contributed by atoms with Crippen molar-refractivity contribution in [1.29, 1.82) is 0 Å². The minimum Gasteiger partial charge on any atom is -0.381 e.